The fourth-order valence-electron chi connectivity index (χ4n) is 1.67. The van der Waals surface area contributed by atoms with Crippen molar-refractivity contribution in [2.24, 2.45) is 0 Å². The standard InChI is InChI=1S/C13H12ClFN2O3S/c1-8-6-11(12(20-2)7-9(8)14)17-21(18,19)13-10(15)4-3-5-16-13/h3-7,17H,1-2H3. The highest BCUT2D eigenvalue weighted by molar-refractivity contribution is 7.92. The molecule has 112 valence electrons. The minimum absolute atomic E-state index is 0.157. The monoisotopic (exact) mass is 330 g/mol. The molecule has 21 heavy (non-hydrogen) atoms. The smallest absolute Gasteiger partial charge is 0.282 e. The van der Waals surface area contributed by atoms with E-state index in [9.17, 15) is 12.8 Å². The Bertz CT molecular complexity index is 781. The van der Waals surface area contributed by atoms with Gasteiger partial charge in [0.25, 0.3) is 10.0 Å². The molecule has 0 aliphatic rings. The molecule has 2 rings (SSSR count). The minimum atomic E-state index is -4.17. The van der Waals surface area contributed by atoms with Crippen LogP contribution in [0.1, 0.15) is 5.56 Å². The van der Waals surface area contributed by atoms with Crippen molar-refractivity contribution in [1.82, 2.24) is 4.98 Å². The second-order valence-electron chi connectivity index (χ2n) is 4.20. The molecule has 0 spiro atoms. The number of methoxy groups -OCH3 is 1. The quantitative estimate of drug-likeness (QED) is 0.935. The molecular weight excluding hydrogens is 319 g/mol. The highest BCUT2D eigenvalue weighted by atomic mass is 35.5. The SMILES string of the molecule is COc1cc(Cl)c(C)cc1NS(=O)(=O)c1ncccc1F. The van der Waals surface area contributed by atoms with E-state index in [4.69, 9.17) is 16.3 Å². The molecule has 1 aromatic carbocycles. The van der Waals surface area contributed by atoms with Crippen molar-refractivity contribution in [2.75, 3.05) is 11.8 Å². The average molecular weight is 331 g/mol. The van der Waals surface area contributed by atoms with Crippen molar-refractivity contribution in [1.29, 1.82) is 0 Å². The Morgan fingerprint density at radius 2 is 2.10 bits per heavy atom. The maximum Gasteiger partial charge on any atom is 0.282 e. The molecule has 8 heteroatoms. The highest BCUT2D eigenvalue weighted by Crippen LogP contribution is 2.32. The Balaban J connectivity index is 2.47. The summed E-state index contributed by atoms with van der Waals surface area (Å²) in [7, 11) is -2.79. The normalized spacial score (nSPS) is 11.2. The third-order valence-corrected chi connectivity index (χ3v) is 4.41. The number of halogens is 2. The summed E-state index contributed by atoms with van der Waals surface area (Å²) in [6, 6.07) is 5.30. The maximum absolute atomic E-state index is 13.6. The molecule has 0 fully saturated rings. The molecule has 0 atom stereocenters. The van der Waals surface area contributed by atoms with Crippen LogP contribution in [0, 0.1) is 12.7 Å². The van der Waals surface area contributed by atoms with Crippen LogP contribution in [0.3, 0.4) is 0 Å². The maximum atomic E-state index is 13.6. The van der Waals surface area contributed by atoms with Crippen LogP contribution in [0.15, 0.2) is 35.5 Å². The first-order valence-corrected chi connectivity index (χ1v) is 7.68. The molecule has 0 saturated heterocycles. The second-order valence-corrected chi connectivity index (χ2v) is 6.20. The largest absolute Gasteiger partial charge is 0.495 e. The fraction of sp³-hybridized carbons (Fsp3) is 0.154. The van der Waals surface area contributed by atoms with E-state index in [-0.39, 0.29) is 11.4 Å². The van der Waals surface area contributed by atoms with E-state index < -0.39 is 20.9 Å². The van der Waals surface area contributed by atoms with E-state index in [0.29, 0.717) is 10.6 Å². The summed E-state index contributed by atoms with van der Waals surface area (Å²) in [5, 5.41) is -0.251. The molecule has 0 radical (unpaired) electrons. The summed E-state index contributed by atoms with van der Waals surface area (Å²) >= 11 is 5.95. The van der Waals surface area contributed by atoms with Gasteiger partial charge in [-0.2, -0.15) is 8.42 Å². The lowest BCUT2D eigenvalue weighted by molar-refractivity contribution is 0.417. The Hall–Kier alpha value is -1.86. The van der Waals surface area contributed by atoms with Gasteiger partial charge in [-0.3, -0.25) is 4.72 Å². The van der Waals surface area contributed by atoms with Crippen molar-refractivity contribution < 1.29 is 17.5 Å². The molecule has 5 nitrogen and oxygen atoms in total. The molecule has 1 N–H and O–H groups in total. The Morgan fingerprint density at radius 3 is 2.71 bits per heavy atom. The van der Waals surface area contributed by atoms with Gasteiger partial charge in [-0.25, -0.2) is 9.37 Å². The van der Waals surface area contributed by atoms with Crippen LogP contribution in [0.4, 0.5) is 10.1 Å². The van der Waals surface area contributed by atoms with Crippen LogP contribution in [0.5, 0.6) is 5.75 Å². The number of anilines is 1. The van der Waals surface area contributed by atoms with Gasteiger partial charge in [-0.05, 0) is 30.7 Å². The summed E-state index contributed by atoms with van der Waals surface area (Å²) in [5.74, 6) is -0.708. The number of aryl methyl sites for hydroxylation is 1. The first kappa shape index (κ1) is 15.5. The van der Waals surface area contributed by atoms with Gasteiger partial charge in [0, 0.05) is 17.3 Å². The van der Waals surface area contributed by atoms with Gasteiger partial charge in [-0.1, -0.05) is 11.6 Å². The number of hydrogen-bond donors (Lipinski definition) is 1. The number of aromatic nitrogens is 1. The topological polar surface area (TPSA) is 68.3 Å². The van der Waals surface area contributed by atoms with Gasteiger partial charge in [0.2, 0.25) is 5.03 Å². The summed E-state index contributed by atoms with van der Waals surface area (Å²) < 4.78 is 45.3. The van der Waals surface area contributed by atoms with E-state index in [0.717, 1.165) is 6.07 Å². The van der Waals surface area contributed by atoms with Crippen LogP contribution >= 0.6 is 11.6 Å². The zero-order valence-electron chi connectivity index (χ0n) is 11.2. The average Bonchev–Trinajstić information content (AvgIpc) is 2.42. The van der Waals surface area contributed by atoms with Crippen LogP contribution in [0.2, 0.25) is 5.02 Å². The van der Waals surface area contributed by atoms with E-state index in [1.165, 1.54) is 31.5 Å². The summed E-state index contributed by atoms with van der Waals surface area (Å²) in [5.41, 5.74) is 0.807. The first-order valence-electron chi connectivity index (χ1n) is 5.82. The lowest BCUT2D eigenvalue weighted by Gasteiger charge is -2.13. The van der Waals surface area contributed by atoms with E-state index >= 15 is 0 Å². The second kappa shape index (κ2) is 5.87. The molecule has 0 amide bonds. The van der Waals surface area contributed by atoms with Crippen molar-refractivity contribution in [3.05, 3.63) is 46.9 Å². The van der Waals surface area contributed by atoms with Gasteiger partial charge < -0.3 is 4.74 Å². The predicted molar refractivity (Wildman–Crippen MR) is 77.7 cm³/mol. The zero-order chi connectivity index (χ0) is 15.6. The van der Waals surface area contributed by atoms with Crippen LogP contribution in [-0.2, 0) is 10.0 Å². The molecule has 2 aromatic rings. The van der Waals surface area contributed by atoms with Gasteiger partial charge in [-0.15, -0.1) is 0 Å². The van der Waals surface area contributed by atoms with Crippen molar-refractivity contribution in [3.8, 4) is 5.75 Å². The van der Waals surface area contributed by atoms with E-state index in [1.807, 2.05) is 0 Å². The van der Waals surface area contributed by atoms with Crippen LogP contribution in [0.25, 0.3) is 0 Å². The number of ether oxygens (including phenoxy) is 1. The molecule has 0 saturated carbocycles. The first-order chi connectivity index (χ1) is 9.85. The molecule has 1 aromatic heterocycles. The number of benzene rings is 1. The van der Waals surface area contributed by atoms with Gasteiger partial charge >= 0.3 is 0 Å². The molecule has 0 unspecified atom stereocenters. The van der Waals surface area contributed by atoms with Gasteiger partial charge in [0.1, 0.15) is 5.75 Å². The third kappa shape index (κ3) is 3.25. The third-order valence-electron chi connectivity index (χ3n) is 2.70. The molecule has 1 heterocycles. The lowest BCUT2D eigenvalue weighted by atomic mass is 10.2. The molecular formula is C13H12ClFN2O3S. The zero-order valence-corrected chi connectivity index (χ0v) is 12.8. The summed E-state index contributed by atoms with van der Waals surface area (Å²) in [6.07, 6.45) is 1.20. The lowest BCUT2D eigenvalue weighted by Crippen LogP contribution is -2.16. The number of nitrogens with one attached hydrogen (secondary N) is 1. The number of hydrogen-bond acceptors (Lipinski definition) is 4. The van der Waals surface area contributed by atoms with Gasteiger partial charge in [0.05, 0.1) is 12.8 Å². The number of pyridine rings is 1. The van der Waals surface area contributed by atoms with Crippen molar-refractivity contribution >= 4 is 27.3 Å². The summed E-state index contributed by atoms with van der Waals surface area (Å²) in [6.45, 7) is 1.71. The van der Waals surface area contributed by atoms with Crippen LogP contribution in [-0.4, -0.2) is 20.5 Å². The Labute approximate surface area is 126 Å². The Kier molecular flexibility index (Phi) is 4.34. The Morgan fingerprint density at radius 1 is 1.38 bits per heavy atom. The predicted octanol–water partition coefficient (Wildman–Crippen LogP) is 2.99. The summed E-state index contributed by atoms with van der Waals surface area (Å²) in [4.78, 5) is 3.55. The van der Waals surface area contributed by atoms with Gasteiger partial charge in [0.15, 0.2) is 5.82 Å². The molecule has 0 aliphatic heterocycles. The van der Waals surface area contributed by atoms with Crippen molar-refractivity contribution in [2.45, 2.75) is 11.9 Å². The van der Waals surface area contributed by atoms with Crippen molar-refractivity contribution in [3.63, 3.8) is 0 Å². The van der Waals surface area contributed by atoms with E-state index in [2.05, 4.69) is 9.71 Å². The molecule has 0 aliphatic carbocycles. The van der Waals surface area contributed by atoms with E-state index in [1.54, 1.807) is 6.92 Å². The fourth-order valence-corrected chi connectivity index (χ4v) is 2.90. The molecule has 0 bridgehead atoms. The number of nitrogens with zero attached hydrogens (tertiary/aromatic N) is 1. The van der Waals surface area contributed by atoms with Crippen LogP contribution < -0.4 is 9.46 Å². The minimum Gasteiger partial charge on any atom is -0.495 e. The number of rotatable bonds is 4. The highest BCUT2D eigenvalue weighted by Gasteiger charge is 2.22. The number of sulfonamides is 1.